The van der Waals surface area contributed by atoms with E-state index in [1.54, 1.807) is 13.3 Å². The van der Waals surface area contributed by atoms with Gasteiger partial charge < -0.3 is 10.1 Å². The minimum absolute atomic E-state index is 0.318. The van der Waals surface area contributed by atoms with E-state index in [0.717, 1.165) is 5.75 Å². The van der Waals surface area contributed by atoms with Crippen LogP contribution in [0.25, 0.3) is 0 Å². The van der Waals surface area contributed by atoms with Crippen molar-refractivity contribution >= 4 is 0 Å². The minimum Gasteiger partial charge on any atom is -0.495 e. The van der Waals surface area contributed by atoms with Crippen molar-refractivity contribution in [2.45, 2.75) is 18.4 Å². The highest BCUT2D eigenvalue weighted by atomic mass is 16.5. The van der Waals surface area contributed by atoms with Crippen LogP contribution < -0.4 is 10.1 Å². The van der Waals surface area contributed by atoms with Crippen molar-refractivity contribution in [1.29, 1.82) is 0 Å². The van der Waals surface area contributed by atoms with E-state index >= 15 is 0 Å². The van der Waals surface area contributed by atoms with Gasteiger partial charge in [-0.2, -0.15) is 0 Å². The zero-order valence-corrected chi connectivity index (χ0v) is 11.9. The van der Waals surface area contributed by atoms with E-state index in [0.29, 0.717) is 17.9 Å². The lowest BCUT2D eigenvalue weighted by Crippen LogP contribution is -2.20. The van der Waals surface area contributed by atoms with Crippen LogP contribution >= 0.6 is 0 Å². The van der Waals surface area contributed by atoms with Gasteiger partial charge in [0.1, 0.15) is 5.75 Å². The first kappa shape index (κ1) is 13.1. The highest BCUT2D eigenvalue weighted by molar-refractivity contribution is 5.37. The topological polar surface area (TPSA) is 34.2 Å². The lowest BCUT2D eigenvalue weighted by Gasteiger charge is -2.19. The van der Waals surface area contributed by atoms with Gasteiger partial charge in [0.15, 0.2) is 0 Å². The maximum absolute atomic E-state index is 5.44. The highest BCUT2D eigenvalue weighted by Crippen LogP contribution is 2.54. The molecule has 0 bridgehead atoms. The van der Waals surface area contributed by atoms with Gasteiger partial charge in [-0.05, 0) is 36.9 Å². The Kier molecular flexibility index (Phi) is 3.70. The standard InChI is InChI=1S/C17H20N2O/c1-18-17(13-8-9-19-11-16(13)20-2)15-10-14(15)12-6-4-3-5-7-12/h3-9,11,14-15,17-18H,10H2,1-2H3. The first-order chi connectivity index (χ1) is 9.85. The number of rotatable bonds is 5. The van der Waals surface area contributed by atoms with E-state index < -0.39 is 0 Å². The second-order valence-corrected chi connectivity index (χ2v) is 5.30. The SMILES string of the molecule is CNC(c1ccncc1OC)C1CC1c1ccccc1. The normalized spacial score (nSPS) is 22.3. The molecule has 1 N–H and O–H groups in total. The maximum Gasteiger partial charge on any atom is 0.141 e. The summed E-state index contributed by atoms with van der Waals surface area (Å²) in [7, 11) is 3.72. The van der Waals surface area contributed by atoms with E-state index in [2.05, 4.69) is 46.7 Å². The van der Waals surface area contributed by atoms with Crippen molar-refractivity contribution in [2.75, 3.05) is 14.2 Å². The van der Waals surface area contributed by atoms with Gasteiger partial charge in [-0.3, -0.25) is 4.98 Å². The zero-order chi connectivity index (χ0) is 13.9. The molecule has 1 saturated carbocycles. The molecule has 1 aromatic heterocycles. The van der Waals surface area contributed by atoms with Crippen LogP contribution in [0.1, 0.15) is 29.5 Å². The smallest absolute Gasteiger partial charge is 0.141 e. The summed E-state index contributed by atoms with van der Waals surface area (Å²) in [5.74, 6) is 2.13. The first-order valence-electron chi connectivity index (χ1n) is 7.05. The van der Waals surface area contributed by atoms with E-state index in [1.807, 2.05) is 13.2 Å². The lowest BCUT2D eigenvalue weighted by atomic mass is 9.99. The van der Waals surface area contributed by atoms with E-state index in [4.69, 9.17) is 4.74 Å². The van der Waals surface area contributed by atoms with Crippen molar-refractivity contribution < 1.29 is 4.74 Å². The van der Waals surface area contributed by atoms with Crippen LogP contribution in [0.2, 0.25) is 0 Å². The van der Waals surface area contributed by atoms with Gasteiger partial charge in [-0.15, -0.1) is 0 Å². The predicted molar refractivity (Wildman–Crippen MR) is 79.9 cm³/mol. The van der Waals surface area contributed by atoms with E-state index in [1.165, 1.54) is 17.5 Å². The number of aromatic nitrogens is 1. The first-order valence-corrected chi connectivity index (χ1v) is 7.05. The summed E-state index contributed by atoms with van der Waals surface area (Å²) in [5, 5.41) is 3.45. The Hall–Kier alpha value is -1.87. The second kappa shape index (κ2) is 5.63. The molecule has 3 atom stereocenters. The van der Waals surface area contributed by atoms with Gasteiger partial charge in [-0.1, -0.05) is 30.3 Å². The molecule has 3 unspecified atom stereocenters. The Morgan fingerprint density at radius 1 is 1.25 bits per heavy atom. The molecule has 0 radical (unpaired) electrons. The number of benzene rings is 1. The van der Waals surface area contributed by atoms with Gasteiger partial charge in [0, 0.05) is 17.8 Å². The fourth-order valence-electron chi connectivity index (χ4n) is 3.08. The van der Waals surface area contributed by atoms with Gasteiger partial charge in [0.2, 0.25) is 0 Å². The summed E-state index contributed by atoms with van der Waals surface area (Å²) < 4.78 is 5.44. The molecule has 2 aromatic rings. The average Bonchev–Trinajstić information content (AvgIpc) is 3.30. The third kappa shape index (κ3) is 2.41. The Morgan fingerprint density at radius 2 is 2.05 bits per heavy atom. The van der Waals surface area contributed by atoms with Crippen molar-refractivity contribution in [3.63, 3.8) is 0 Å². The number of methoxy groups -OCH3 is 1. The number of hydrogen-bond donors (Lipinski definition) is 1. The van der Waals surface area contributed by atoms with Crippen LogP contribution in [0, 0.1) is 5.92 Å². The summed E-state index contributed by atoms with van der Waals surface area (Å²) in [5.41, 5.74) is 2.64. The van der Waals surface area contributed by atoms with Crippen LogP contribution in [0.15, 0.2) is 48.8 Å². The molecule has 0 saturated heterocycles. The molecule has 3 rings (SSSR count). The van der Waals surface area contributed by atoms with Crippen LogP contribution in [0.3, 0.4) is 0 Å². The van der Waals surface area contributed by atoms with E-state index in [9.17, 15) is 0 Å². The number of hydrogen-bond acceptors (Lipinski definition) is 3. The fourth-order valence-corrected chi connectivity index (χ4v) is 3.08. The Morgan fingerprint density at radius 3 is 2.75 bits per heavy atom. The highest BCUT2D eigenvalue weighted by Gasteiger charge is 2.44. The molecule has 1 aliphatic carbocycles. The molecular formula is C17H20N2O. The summed E-state index contributed by atoms with van der Waals surface area (Å²) in [4.78, 5) is 4.14. The monoisotopic (exact) mass is 268 g/mol. The summed E-state index contributed by atoms with van der Waals surface area (Å²) in [6, 6.07) is 13.1. The Balaban J connectivity index is 1.82. The lowest BCUT2D eigenvalue weighted by molar-refractivity contribution is 0.393. The number of ether oxygens (including phenoxy) is 1. The molecule has 0 spiro atoms. The van der Waals surface area contributed by atoms with Crippen LogP contribution in [-0.4, -0.2) is 19.1 Å². The summed E-state index contributed by atoms with van der Waals surface area (Å²) in [6.45, 7) is 0. The molecule has 1 aromatic carbocycles. The summed E-state index contributed by atoms with van der Waals surface area (Å²) >= 11 is 0. The molecular weight excluding hydrogens is 248 g/mol. The summed E-state index contributed by atoms with van der Waals surface area (Å²) in [6.07, 6.45) is 4.85. The molecule has 104 valence electrons. The third-order valence-corrected chi connectivity index (χ3v) is 4.18. The quantitative estimate of drug-likeness (QED) is 0.904. The van der Waals surface area contributed by atoms with Crippen molar-refractivity contribution in [3.8, 4) is 5.75 Å². The number of nitrogens with zero attached hydrogens (tertiary/aromatic N) is 1. The van der Waals surface area contributed by atoms with Crippen LogP contribution in [0.4, 0.5) is 0 Å². The predicted octanol–water partition coefficient (Wildman–Crippen LogP) is 3.15. The fraction of sp³-hybridized carbons (Fsp3) is 0.353. The average molecular weight is 268 g/mol. The molecule has 1 aliphatic rings. The Labute approximate surface area is 120 Å². The van der Waals surface area contributed by atoms with Gasteiger partial charge in [-0.25, -0.2) is 0 Å². The van der Waals surface area contributed by atoms with Crippen LogP contribution in [-0.2, 0) is 0 Å². The van der Waals surface area contributed by atoms with Gasteiger partial charge in [0.25, 0.3) is 0 Å². The Bertz CT molecular complexity index is 570. The molecule has 3 nitrogen and oxygen atoms in total. The third-order valence-electron chi connectivity index (χ3n) is 4.18. The van der Waals surface area contributed by atoms with Crippen molar-refractivity contribution in [2.24, 2.45) is 5.92 Å². The van der Waals surface area contributed by atoms with Crippen molar-refractivity contribution in [1.82, 2.24) is 10.3 Å². The minimum atomic E-state index is 0.318. The van der Waals surface area contributed by atoms with E-state index in [-0.39, 0.29) is 0 Å². The van der Waals surface area contributed by atoms with Crippen molar-refractivity contribution in [3.05, 3.63) is 59.9 Å². The maximum atomic E-state index is 5.44. The molecule has 1 heterocycles. The number of nitrogens with one attached hydrogen (secondary N) is 1. The zero-order valence-electron chi connectivity index (χ0n) is 11.9. The molecule has 3 heteroatoms. The molecule has 0 amide bonds. The second-order valence-electron chi connectivity index (χ2n) is 5.30. The molecule has 20 heavy (non-hydrogen) atoms. The van der Waals surface area contributed by atoms with Gasteiger partial charge in [0.05, 0.1) is 13.3 Å². The van der Waals surface area contributed by atoms with Gasteiger partial charge >= 0.3 is 0 Å². The molecule has 0 aliphatic heterocycles. The molecule has 1 fully saturated rings. The number of pyridine rings is 1. The van der Waals surface area contributed by atoms with Crippen LogP contribution in [0.5, 0.6) is 5.75 Å². The largest absolute Gasteiger partial charge is 0.495 e.